The molecule has 1 aliphatic heterocycles. The summed E-state index contributed by atoms with van der Waals surface area (Å²) in [6, 6.07) is 11.5. The van der Waals surface area contributed by atoms with Crippen LogP contribution in [0.2, 0.25) is 20.1 Å². The normalized spacial score (nSPS) is 17.5. The summed E-state index contributed by atoms with van der Waals surface area (Å²) < 4.78 is 0. The topological polar surface area (TPSA) is 15.3 Å². The van der Waals surface area contributed by atoms with Gasteiger partial charge in [-0.2, -0.15) is 0 Å². The van der Waals surface area contributed by atoms with Crippen molar-refractivity contribution in [3.8, 4) is 0 Å². The van der Waals surface area contributed by atoms with E-state index in [-0.39, 0.29) is 6.04 Å². The van der Waals surface area contributed by atoms with Gasteiger partial charge in [-0.15, -0.1) is 0 Å². The van der Waals surface area contributed by atoms with E-state index in [0.29, 0.717) is 20.1 Å². The van der Waals surface area contributed by atoms with E-state index < -0.39 is 0 Å². The Morgan fingerprint density at radius 3 is 2.50 bits per heavy atom. The van der Waals surface area contributed by atoms with Gasteiger partial charge < -0.3 is 5.32 Å². The molecule has 1 heterocycles. The first-order valence-electron chi connectivity index (χ1n) is 7.91. The first-order chi connectivity index (χ1) is 11.6. The lowest BCUT2D eigenvalue weighted by atomic mass is 9.96. The lowest BCUT2D eigenvalue weighted by Crippen LogP contribution is -2.33. The van der Waals surface area contributed by atoms with Crippen LogP contribution in [0.4, 0.5) is 0 Å². The minimum Gasteiger partial charge on any atom is -0.315 e. The highest BCUT2D eigenvalue weighted by Crippen LogP contribution is 2.38. The van der Waals surface area contributed by atoms with Crippen LogP contribution in [0.1, 0.15) is 23.6 Å². The molecular weight excluding hydrogens is 386 g/mol. The molecule has 6 heteroatoms. The molecule has 0 saturated carbocycles. The largest absolute Gasteiger partial charge is 0.315 e. The molecule has 2 aromatic carbocycles. The first kappa shape index (κ1) is 18.3. The Bertz CT molecular complexity index is 712. The van der Waals surface area contributed by atoms with E-state index in [9.17, 15) is 0 Å². The van der Waals surface area contributed by atoms with Crippen LogP contribution < -0.4 is 5.32 Å². The van der Waals surface area contributed by atoms with Gasteiger partial charge in [-0.3, -0.25) is 4.90 Å². The fourth-order valence-corrected chi connectivity index (χ4v) is 3.84. The summed E-state index contributed by atoms with van der Waals surface area (Å²) in [5.74, 6) is 0. The summed E-state index contributed by atoms with van der Waals surface area (Å²) in [7, 11) is 0. The standard InChI is InChI=1S/C18H18Cl4N2/c19-14-6-5-12(11-16(14)21)18(24-9-2-7-23-8-10-24)13-3-1-4-15(20)17(13)22/h1,3-6,11,18,23H,2,7-10H2. The van der Waals surface area contributed by atoms with Crippen LogP contribution in [0.3, 0.4) is 0 Å². The van der Waals surface area contributed by atoms with E-state index in [0.717, 1.165) is 43.7 Å². The number of rotatable bonds is 3. The number of nitrogens with zero attached hydrogens (tertiary/aromatic N) is 1. The molecule has 1 saturated heterocycles. The lowest BCUT2D eigenvalue weighted by Gasteiger charge is -2.32. The minimum atomic E-state index is -0.00846. The first-order valence-corrected chi connectivity index (χ1v) is 9.42. The van der Waals surface area contributed by atoms with Crippen LogP contribution in [-0.4, -0.2) is 31.1 Å². The Morgan fingerprint density at radius 1 is 0.875 bits per heavy atom. The third kappa shape index (κ3) is 4.01. The zero-order valence-corrected chi connectivity index (χ0v) is 16.1. The van der Waals surface area contributed by atoms with E-state index in [1.165, 1.54) is 0 Å². The zero-order chi connectivity index (χ0) is 17.1. The van der Waals surface area contributed by atoms with Crippen molar-refractivity contribution in [1.82, 2.24) is 10.2 Å². The molecular formula is C18H18Cl4N2. The molecule has 1 unspecified atom stereocenters. The van der Waals surface area contributed by atoms with Crippen LogP contribution >= 0.6 is 46.4 Å². The van der Waals surface area contributed by atoms with E-state index >= 15 is 0 Å². The summed E-state index contributed by atoms with van der Waals surface area (Å²) in [5, 5.41) is 5.68. The van der Waals surface area contributed by atoms with Gasteiger partial charge >= 0.3 is 0 Å². The van der Waals surface area contributed by atoms with Crippen molar-refractivity contribution in [3.63, 3.8) is 0 Å². The van der Waals surface area contributed by atoms with Crippen molar-refractivity contribution in [1.29, 1.82) is 0 Å². The predicted molar refractivity (Wildman–Crippen MR) is 104 cm³/mol. The summed E-state index contributed by atoms with van der Waals surface area (Å²) in [6.07, 6.45) is 1.08. The van der Waals surface area contributed by atoms with Gasteiger partial charge in [0.15, 0.2) is 0 Å². The molecule has 0 aliphatic carbocycles. The highest BCUT2D eigenvalue weighted by molar-refractivity contribution is 6.42. The van der Waals surface area contributed by atoms with E-state index in [1.807, 2.05) is 36.4 Å². The third-order valence-corrected chi connectivity index (χ3v) is 5.85. The summed E-state index contributed by atoms with van der Waals surface area (Å²) in [6.45, 7) is 3.86. The van der Waals surface area contributed by atoms with Crippen molar-refractivity contribution >= 4 is 46.4 Å². The number of benzene rings is 2. The number of hydrogen-bond donors (Lipinski definition) is 1. The van der Waals surface area contributed by atoms with Crippen molar-refractivity contribution in [3.05, 3.63) is 67.6 Å². The van der Waals surface area contributed by atoms with Gasteiger partial charge in [-0.25, -0.2) is 0 Å². The molecule has 3 rings (SSSR count). The molecule has 0 aromatic heterocycles. The van der Waals surface area contributed by atoms with E-state index in [4.69, 9.17) is 46.4 Å². The van der Waals surface area contributed by atoms with Gasteiger partial charge in [0, 0.05) is 19.6 Å². The lowest BCUT2D eigenvalue weighted by molar-refractivity contribution is 0.241. The molecule has 24 heavy (non-hydrogen) atoms. The molecule has 128 valence electrons. The predicted octanol–water partition coefficient (Wildman–Crippen LogP) is 5.68. The van der Waals surface area contributed by atoms with Crippen LogP contribution in [0.25, 0.3) is 0 Å². The Morgan fingerprint density at radius 2 is 1.71 bits per heavy atom. The fraction of sp³-hybridized carbons (Fsp3) is 0.333. The second-order valence-corrected chi connectivity index (χ2v) is 7.46. The quantitative estimate of drug-likeness (QED) is 0.708. The van der Waals surface area contributed by atoms with Gasteiger partial charge in [-0.05, 0) is 42.3 Å². The van der Waals surface area contributed by atoms with Crippen LogP contribution in [0.15, 0.2) is 36.4 Å². The molecule has 1 atom stereocenters. The third-order valence-electron chi connectivity index (χ3n) is 4.28. The number of halogens is 4. The van der Waals surface area contributed by atoms with Crippen molar-refractivity contribution in [2.24, 2.45) is 0 Å². The average molecular weight is 404 g/mol. The molecule has 0 radical (unpaired) electrons. The monoisotopic (exact) mass is 402 g/mol. The van der Waals surface area contributed by atoms with Gasteiger partial charge in [0.1, 0.15) is 0 Å². The second-order valence-electron chi connectivity index (χ2n) is 5.86. The Balaban J connectivity index is 2.08. The molecule has 2 nitrogen and oxygen atoms in total. The van der Waals surface area contributed by atoms with Crippen molar-refractivity contribution in [2.45, 2.75) is 12.5 Å². The molecule has 0 bridgehead atoms. The fourth-order valence-electron chi connectivity index (χ4n) is 3.13. The number of nitrogens with one attached hydrogen (secondary N) is 1. The Kier molecular flexibility index (Phi) is 6.31. The SMILES string of the molecule is Clc1ccc(C(c2cccc(Cl)c2Cl)N2CCCNCC2)cc1Cl. The van der Waals surface area contributed by atoms with Gasteiger partial charge in [0.25, 0.3) is 0 Å². The van der Waals surface area contributed by atoms with Crippen LogP contribution in [-0.2, 0) is 0 Å². The molecule has 2 aromatic rings. The van der Waals surface area contributed by atoms with E-state index in [1.54, 1.807) is 0 Å². The molecule has 1 N–H and O–H groups in total. The zero-order valence-electron chi connectivity index (χ0n) is 13.0. The highest BCUT2D eigenvalue weighted by Gasteiger charge is 2.26. The smallest absolute Gasteiger partial charge is 0.0643 e. The highest BCUT2D eigenvalue weighted by atomic mass is 35.5. The number of hydrogen-bond acceptors (Lipinski definition) is 2. The van der Waals surface area contributed by atoms with Crippen molar-refractivity contribution in [2.75, 3.05) is 26.2 Å². The maximum absolute atomic E-state index is 6.54. The van der Waals surface area contributed by atoms with Crippen LogP contribution in [0.5, 0.6) is 0 Å². The van der Waals surface area contributed by atoms with E-state index in [2.05, 4.69) is 10.2 Å². The molecule has 1 aliphatic rings. The van der Waals surface area contributed by atoms with Crippen molar-refractivity contribution < 1.29 is 0 Å². The molecule has 1 fully saturated rings. The second kappa shape index (κ2) is 8.27. The van der Waals surface area contributed by atoms with Crippen LogP contribution in [0, 0.1) is 0 Å². The maximum Gasteiger partial charge on any atom is 0.0643 e. The minimum absolute atomic E-state index is 0.00846. The Hall–Kier alpha value is -0.480. The van der Waals surface area contributed by atoms with Gasteiger partial charge in [-0.1, -0.05) is 64.6 Å². The van der Waals surface area contributed by atoms with Gasteiger partial charge in [0.2, 0.25) is 0 Å². The summed E-state index contributed by atoms with van der Waals surface area (Å²) >= 11 is 25.2. The molecule has 0 spiro atoms. The maximum atomic E-state index is 6.54. The summed E-state index contributed by atoms with van der Waals surface area (Å²) in [5.41, 5.74) is 2.06. The average Bonchev–Trinajstić information content (AvgIpc) is 2.84. The van der Waals surface area contributed by atoms with Gasteiger partial charge in [0.05, 0.1) is 26.1 Å². The molecule has 0 amide bonds. The Labute approximate surface area is 162 Å². The summed E-state index contributed by atoms with van der Waals surface area (Å²) in [4.78, 5) is 2.41.